The van der Waals surface area contributed by atoms with Crippen LogP contribution in [-0.2, 0) is 0 Å². The van der Waals surface area contributed by atoms with Crippen LogP contribution < -0.4 is 16.8 Å². The fourth-order valence-corrected chi connectivity index (χ4v) is 2.65. The minimum atomic E-state index is 0.665. The molecule has 0 radical (unpaired) electrons. The van der Waals surface area contributed by atoms with Gasteiger partial charge in [-0.2, -0.15) is 0 Å². The van der Waals surface area contributed by atoms with Gasteiger partial charge in [-0.3, -0.25) is 0 Å². The first-order valence-electron chi connectivity index (χ1n) is 7.26. The summed E-state index contributed by atoms with van der Waals surface area (Å²) in [6, 6.07) is 18.0. The Balaban J connectivity index is 2.28. The molecule has 0 saturated heterocycles. The predicted octanol–water partition coefficient (Wildman–Crippen LogP) is 4.78. The van der Waals surface area contributed by atoms with Crippen LogP contribution >= 0.6 is 0 Å². The van der Waals surface area contributed by atoms with Gasteiger partial charge in [-0.1, -0.05) is 54.6 Å². The Labute approximate surface area is 130 Å². The van der Waals surface area contributed by atoms with Gasteiger partial charge in [-0.05, 0) is 19.1 Å². The van der Waals surface area contributed by atoms with Crippen molar-refractivity contribution >= 4 is 39.6 Å². The summed E-state index contributed by atoms with van der Waals surface area (Å²) in [5, 5.41) is 5.45. The van der Waals surface area contributed by atoms with Crippen LogP contribution in [0.5, 0.6) is 0 Å². The maximum atomic E-state index is 6.39. The van der Waals surface area contributed by atoms with E-state index in [0.29, 0.717) is 11.4 Å². The molecule has 5 N–H and O–H groups in total. The summed E-state index contributed by atoms with van der Waals surface area (Å²) in [5.41, 5.74) is 16.8. The SMILES string of the molecule is C/C=C\c1c(N)c(Nc2ccccc2)c2ccccc2c1N. The molecular weight excluding hydrogens is 270 g/mol. The number of anilines is 4. The number of hydrogen-bond donors (Lipinski definition) is 3. The minimum Gasteiger partial charge on any atom is -0.398 e. The van der Waals surface area contributed by atoms with Crippen LogP contribution in [0.25, 0.3) is 16.8 Å². The summed E-state index contributed by atoms with van der Waals surface area (Å²) in [6.07, 6.45) is 3.90. The molecule has 3 heteroatoms. The lowest BCUT2D eigenvalue weighted by Gasteiger charge is -2.17. The van der Waals surface area contributed by atoms with Gasteiger partial charge in [0.05, 0.1) is 11.4 Å². The lowest BCUT2D eigenvalue weighted by Crippen LogP contribution is -2.03. The molecule has 3 aromatic rings. The van der Waals surface area contributed by atoms with Crippen LogP contribution in [-0.4, -0.2) is 0 Å². The van der Waals surface area contributed by atoms with Crippen molar-refractivity contribution in [2.24, 2.45) is 0 Å². The molecule has 0 amide bonds. The molecule has 0 spiro atoms. The molecule has 0 aliphatic rings. The molecule has 0 aromatic heterocycles. The van der Waals surface area contributed by atoms with Gasteiger partial charge in [0, 0.05) is 27.7 Å². The Hall–Kier alpha value is -2.94. The molecule has 3 rings (SSSR count). The maximum Gasteiger partial charge on any atom is 0.0705 e. The van der Waals surface area contributed by atoms with Gasteiger partial charge >= 0.3 is 0 Å². The van der Waals surface area contributed by atoms with Crippen molar-refractivity contribution in [2.45, 2.75) is 6.92 Å². The summed E-state index contributed by atoms with van der Waals surface area (Å²) in [7, 11) is 0. The second kappa shape index (κ2) is 5.82. The van der Waals surface area contributed by atoms with E-state index in [1.807, 2.05) is 73.7 Å². The van der Waals surface area contributed by atoms with E-state index >= 15 is 0 Å². The fourth-order valence-electron chi connectivity index (χ4n) is 2.65. The largest absolute Gasteiger partial charge is 0.398 e. The zero-order chi connectivity index (χ0) is 15.5. The van der Waals surface area contributed by atoms with E-state index in [2.05, 4.69) is 5.32 Å². The number of fused-ring (bicyclic) bond motifs is 1. The molecule has 0 saturated carbocycles. The van der Waals surface area contributed by atoms with E-state index in [-0.39, 0.29) is 0 Å². The number of hydrogen-bond acceptors (Lipinski definition) is 3. The topological polar surface area (TPSA) is 64.1 Å². The Morgan fingerprint density at radius 1 is 0.818 bits per heavy atom. The predicted molar refractivity (Wildman–Crippen MR) is 97.2 cm³/mol. The highest BCUT2D eigenvalue weighted by molar-refractivity contribution is 6.11. The van der Waals surface area contributed by atoms with Crippen LogP contribution in [0.1, 0.15) is 12.5 Å². The fraction of sp³-hybridized carbons (Fsp3) is 0.0526. The maximum absolute atomic E-state index is 6.39. The smallest absolute Gasteiger partial charge is 0.0705 e. The van der Waals surface area contributed by atoms with E-state index in [0.717, 1.165) is 27.7 Å². The van der Waals surface area contributed by atoms with Crippen molar-refractivity contribution in [3.05, 3.63) is 66.2 Å². The third-order valence-corrected chi connectivity index (χ3v) is 3.71. The molecular formula is C19H19N3. The lowest BCUT2D eigenvalue weighted by atomic mass is 9.99. The van der Waals surface area contributed by atoms with E-state index < -0.39 is 0 Å². The third kappa shape index (κ3) is 2.37. The Morgan fingerprint density at radius 3 is 2.14 bits per heavy atom. The van der Waals surface area contributed by atoms with E-state index in [1.165, 1.54) is 0 Å². The minimum absolute atomic E-state index is 0.665. The number of nitrogens with two attached hydrogens (primary N) is 2. The zero-order valence-corrected chi connectivity index (χ0v) is 12.5. The highest BCUT2D eigenvalue weighted by Crippen LogP contribution is 2.40. The average Bonchev–Trinajstić information content (AvgIpc) is 2.56. The van der Waals surface area contributed by atoms with Gasteiger partial charge in [-0.25, -0.2) is 0 Å². The standard InChI is InChI=1S/C19H19N3/c1-2-8-16-17(20)14-11-6-7-12-15(14)19(18(16)21)22-13-9-4-3-5-10-13/h2-12,22H,20-21H2,1H3/b8-2-. The molecule has 0 bridgehead atoms. The van der Waals surface area contributed by atoms with Gasteiger partial charge in [0.25, 0.3) is 0 Å². The van der Waals surface area contributed by atoms with E-state index in [1.54, 1.807) is 0 Å². The van der Waals surface area contributed by atoms with Crippen molar-refractivity contribution < 1.29 is 0 Å². The van der Waals surface area contributed by atoms with Crippen LogP contribution in [0.15, 0.2) is 60.7 Å². The van der Waals surface area contributed by atoms with Gasteiger partial charge in [0.1, 0.15) is 0 Å². The van der Waals surface area contributed by atoms with Crippen molar-refractivity contribution in [2.75, 3.05) is 16.8 Å². The molecule has 3 nitrogen and oxygen atoms in total. The lowest BCUT2D eigenvalue weighted by molar-refractivity contribution is 1.56. The first-order chi connectivity index (χ1) is 10.7. The number of para-hydroxylation sites is 1. The van der Waals surface area contributed by atoms with Crippen LogP contribution in [0.2, 0.25) is 0 Å². The first-order valence-corrected chi connectivity index (χ1v) is 7.26. The molecule has 110 valence electrons. The van der Waals surface area contributed by atoms with Crippen LogP contribution in [0.3, 0.4) is 0 Å². The molecule has 3 aromatic carbocycles. The van der Waals surface area contributed by atoms with Gasteiger partial charge in [0.15, 0.2) is 0 Å². The van der Waals surface area contributed by atoms with Gasteiger partial charge in [0.2, 0.25) is 0 Å². The van der Waals surface area contributed by atoms with E-state index in [9.17, 15) is 0 Å². The Morgan fingerprint density at radius 2 is 1.45 bits per heavy atom. The number of rotatable bonds is 3. The summed E-state index contributed by atoms with van der Waals surface area (Å²) in [5.74, 6) is 0. The van der Waals surface area contributed by atoms with Gasteiger partial charge < -0.3 is 16.8 Å². The van der Waals surface area contributed by atoms with Crippen LogP contribution in [0.4, 0.5) is 22.7 Å². The monoisotopic (exact) mass is 289 g/mol. The Kier molecular flexibility index (Phi) is 3.71. The third-order valence-electron chi connectivity index (χ3n) is 3.71. The number of nitrogens with one attached hydrogen (secondary N) is 1. The molecule has 22 heavy (non-hydrogen) atoms. The highest BCUT2D eigenvalue weighted by Gasteiger charge is 2.14. The summed E-state index contributed by atoms with van der Waals surface area (Å²) < 4.78 is 0. The second-order valence-corrected chi connectivity index (χ2v) is 5.15. The molecule has 0 fully saturated rings. The highest BCUT2D eigenvalue weighted by atomic mass is 14.9. The van der Waals surface area contributed by atoms with Crippen molar-refractivity contribution in [1.82, 2.24) is 0 Å². The quantitative estimate of drug-likeness (QED) is 0.608. The van der Waals surface area contributed by atoms with Crippen LogP contribution in [0, 0.1) is 0 Å². The van der Waals surface area contributed by atoms with E-state index in [4.69, 9.17) is 11.5 Å². The molecule has 0 atom stereocenters. The first kappa shape index (κ1) is 14.0. The molecule has 0 aliphatic heterocycles. The van der Waals surface area contributed by atoms with Crippen molar-refractivity contribution in [1.29, 1.82) is 0 Å². The summed E-state index contributed by atoms with van der Waals surface area (Å²) in [6.45, 7) is 1.96. The normalized spacial score (nSPS) is 11.1. The molecule has 0 aliphatic carbocycles. The van der Waals surface area contributed by atoms with Crippen molar-refractivity contribution in [3.63, 3.8) is 0 Å². The van der Waals surface area contributed by atoms with Gasteiger partial charge in [-0.15, -0.1) is 0 Å². The number of nitrogen functional groups attached to an aromatic ring is 2. The van der Waals surface area contributed by atoms with Crippen molar-refractivity contribution in [3.8, 4) is 0 Å². The number of allylic oxidation sites excluding steroid dienone is 1. The second-order valence-electron chi connectivity index (χ2n) is 5.15. The average molecular weight is 289 g/mol. The summed E-state index contributed by atoms with van der Waals surface area (Å²) in [4.78, 5) is 0. The summed E-state index contributed by atoms with van der Waals surface area (Å²) >= 11 is 0. The Bertz CT molecular complexity index is 836. The molecule has 0 unspecified atom stereocenters. The molecule has 0 heterocycles. The zero-order valence-electron chi connectivity index (χ0n) is 12.5. The number of benzene rings is 3.